The van der Waals surface area contributed by atoms with E-state index in [-0.39, 0.29) is 12.0 Å². The zero-order valence-electron chi connectivity index (χ0n) is 15.1. The van der Waals surface area contributed by atoms with Gasteiger partial charge in [0.15, 0.2) is 5.69 Å². The number of aryl methyl sites for hydroxylation is 1. The van der Waals surface area contributed by atoms with Gasteiger partial charge in [0.25, 0.3) is 0 Å². The van der Waals surface area contributed by atoms with Crippen molar-refractivity contribution < 1.29 is 23.1 Å². The maximum atomic E-state index is 12.8. The molecule has 8 heteroatoms. The summed E-state index contributed by atoms with van der Waals surface area (Å²) in [7, 11) is 0. The van der Waals surface area contributed by atoms with Crippen molar-refractivity contribution in [2.45, 2.75) is 77.7 Å². The summed E-state index contributed by atoms with van der Waals surface area (Å²) in [6.07, 6.45) is -2.34. The molecule has 1 aromatic rings. The average Bonchev–Trinajstić information content (AvgIpc) is 2.80. The van der Waals surface area contributed by atoms with Gasteiger partial charge in [-0.2, -0.15) is 18.3 Å². The maximum absolute atomic E-state index is 12.8. The first-order valence-electron chi connectivity index (χ1n) is 8.53. The molecule has 0 unspecified atom stereocenters. The number of amides is 1. The monoisotopic (exact) mass is 361 g/mol. The lowest BCUT2D eigenvalue weighted by Gasteiger charge is -2.42. The van der Waals surface area contributed by atoms with Crippen molar-refractivity contribution in [2.24, 2.45) is 5.92 Å². The molecule has 0 bridgehead atoms. The molecular weight excluding hydrogens is 335 g/mol. The number of carboxylic acid groups (broad SMARTS) is 1. The molecule has 1 aromatic heterocycles. The Hall–Kier alpha value is -1.73. The van der Waals surface area contributed by atoms with E-state index in [0.717, 1.165) is 31.7 Å². The smallest absolute Gasteiger partial charge is 0.435 e. The minimum atomic E-state index is -4.43. The fourth-order valence-electron chi connectivity index (χ4n) is 3.65. The second-order valence-corrected chi connectivity index (χ2v) is 7.85. The number of hydrogen-bond acceptors (Lipinski definition) is 2. The van der Waals surface area contributed by atoms with Crippen LogP contribution in [0.15, 0.2) is 6.07 Å². The highest BCUT2D eigenvalue weighted by Crippen LogP contribution is 2.33. The molecule has 1 heterocycles. The lowest BCUT2D eigenvalue weighted by Crippen LogP contribution is -2.52. The first kappa shape index (κ1) is 19.6. The Labute approximate surface area is 145 Å². The van der Waals surface area contributed by atoms with Crippen LogP contribution >= 0.6 is 0 Å². The number of aromatic nitrogens is 2. The molecule has 0 atom stereocenters. The van der Waals surface area contributed by atoms with Crippen molar-refractivity contribution in [1.29, 1.82) is 0 Å². The number of rotatable bonds is 3. The van der Waals surface area contributed by atoms with Crippen LogP contribution in [0.25, 0.3) is 0 Å². The Morgan fingerprint density at radius 3 is 2.24 bits per heavy atom. The van der Waals surface area contributed by atoms with Gasteiger partial charge in [-0.1, -0.05) is 0 Å². The predicted molar refractivity (Wildman–Crippen MR) is 87.3 cm³/mol. The highest BCUT2D eigenvalue weighted by Gasteiger charge is 2.37. The van der Waals surface area contributed by atoms with Crippen LogP contribution in [0.1, 0.15) is 57.8 Å². The van der Waals surface area contributed by atoms with Crippen molar-refractivity contribution >= 4 is 6.09 Å². The Bertz CT molecular complexity index is 612. The molecule has 1 saturated carbocycles. The normalized spacial score (nSPS) is 22.0. The molecule has 5 nitrogen and oxygen atoms in total. The van der Waals surface area contributed by atoms with Crippen LogP contribution in [0.4, 0.5) is 18.0 Å². The van der Waals surface area contributed by atoms with Crippen molar-refractivity contribution in [3.05, 3.63) is 17.5 Å². The second kappa shape index (κ2) is 6.88. The second-order valence-electron chi connectivity index (χ2n) is 7.85. The van der Waals surface area contributed by atoms with E-state index in [4.69, 9.17) is 0 Å². The van der Waals surface area contributed by atoms with E-state index in [0.29, 0.717) is 12.2 Å². The molecule has 1 aliphatic rings. The molecule has 1 amide bonds. The topological polar surface area (TPSA) is 58.4 Å². The molecule has 0 saturated heterocycles. The Morgan fingerprint density at radius 1 is 1.28 bits per heavy atom. The standard InChI is InChI=1S/C17H26F3N3O2/c1-11-9-14(17(18,19)20)21-22(11)10-12-5-7-13(8-6-12)23(15(24)25)16(2,3)4/h9,12-13H,5-8,10H2,1-4H3,(H,24,25). The Morgan fingerprint density at radius 2 is 1.84 bits per heavy atom. The lowest BCUT2D eigenvalue weighted by molar-refractivity contribution is -0.141. The third-order valence-electron chi connectivity index (χ3n) is 4.81. The summed E-state index contributed by atoms with van der Waals surface area (Å²) in [4.78, 5) is 13.1. The molecule has 1 fully saturated rings. The molecule has 25 heavy (non-hydrogen) atoms. The number of hydrogen-bond donors (Lipinski definition) is 1. The number of carbonyl (C=O) groups is 1. The number of halogens is 3. The first-order valence-corrected chi connectivity index (χ1v) is 8.53. The van der Waals surface area contributed by atoms with Crippen molar-refractivity contribution in [3.8, 4) is 0 Å². The Balaban J connectivity index is 1.99. The van der Waals surface area contributed by atoms with E-state index in [1.54, 1.807) is 6.92 Å². The molecule has 1 aliphatic carbocycles. The van der Waals surface area contributed by atoms with Gasteiger partial charge < -0.3 is 10.0 Å². The van der Waals surface area contributed by atoms with E-state index < -0.39 is 23.5 Å². The molecule has 2 rings (SSSR count). The molecule has 142 valence electrons. The summed E-state index contributed by atoms with van der Waals surface area (Å²) in [6, 6.07) is 1.02. The van der Waals surface area contributed by atoms with Crippen LogP contribution in [-0.2, 0) is 12.7 Å². The van der Waals surface area contributed by atoms with Gasteiger partial charge in [0.1, 0.15) is 0 Å². The largest absolute Gasteiger partial charge is 0.465 e. The van der Waals surface area contributed by atoms with E-state index in [9.17, 15) is 23.1 Å². The third kappa shape index (κ3) is 4.67. The maximum Gasteiger partial charge on any atom is 0.435 e. The minimum Gasteiger partial charge on any atom is -0.465 e. The summed E-state index contributed by atoms with van der Waals surface area (Å²) < 4.78 is 39.7. The zero-order valence-corrected chi connectivity index (χ0v) is 15.1. The fraction of sp³-hybridized carbons (Fsp3) is 0.765. The van der Waals surface area contributed by atoms with Gasteiger partial charge in [0.2, 0.25) is 0 Å². The summed E-state index contributed by atoms with van der Waals surface area (Å²) in [5, 5.41) is 13.2. The van der Waals surface area contributed by atoms with Crippen LogP contribution < -0.4 is 0 Å². The highest BCUT2D eigenvalue weighted by atomic mass is 19.4. The van der Waals surface area contributed by atoms with Gasteiger partial charge in [0, 0.05) is 23.8 Å². The third-order valence-corrected chi connectivity index (χ3v) is 4.81. The molecule has 0 aromatic carbocycles. The van der Waals surface area contributed by atoms with Crippen LogP contribution in [0.5, 0.6) is 0 Å². The van der Waals surface area contributed by atoms with E-state index in [2.05, 4.69) is 5.10 Å². The quantitative estimate of drug-likeness (QED) is 0.859. The lowest BCUT2D eigenvalue weighted by atomic mass is 9.84. The van der Waals surface area contributed by atoms with Gasteiger partial charge in [-0.05, 0) is 65.4 Å². The zero-order chi connectivity index (χ0) is 19.0. The van der Waals surface area contributed by atoms with Gasteiger partial charge in [-0.3, -0.25) is 4.68 Å². The highest BCUT2D eigenvalue weighted by molar-refractivity contribution is 5.66. The van der Waals surface area contributed by atoms with Crippen LogP contribution in [-0.4, -0.2) is 37.5 Å². The van der Waals surface area contributed by atoms with Gasteiger partial charge in [-0.25, -0.2) is 4.79 Å². The first-order chi connectivity index (χ1) is 11.4. The predicted octanol–water partition coefficient (Wildman–Crippen LogP) is 4.55. The van der Waals surface area contributed by atoms with Crippen molar-refractivity contribution in [1.82, 2.24) is 14.7 Å². The van der Waals surface area contributed by atoms with E-state index in [1.165, 1.54) is 9.58 Å². The summed E-state index contributed by atoms with van der Waals surface area (Å²) >= 11 is 0. The SMILES string of the molecule is Cc1cc(C(F)(F)F)nn1CC1CCC(N(C(=O)O)C(C)(C)C)CC1. The minimum absolute atomic E-state index is 0.0433. The van der Waals surface area contributed by atoms with Crippen LogP contribution in [0.2, 0.25) is 0 Å². The van der Waals surface area contributed by atoms with Crippen LogP contribution in [0, 0.1) is 12.8 Å². The molecular formula is C17H26F3N3O2. The van der Waals surface area contributed by atoms with Crippen molar-refractivity contribution in [2.75, 3.05) is 0 Å². The van der Waals surface area contributed by atoms with E-state index >= 15 is 0 Å². The number of nitrogens with zero attached hydrogens (tertiary/aromatic N) is 3. The molecule has 0 spiro atoms. The molecule has 0 aliphatic heterocycles. The summed E-state index contributed by atoms with van der Waals surface area (Å²) in [5.41, 5.74) is -0.830. The summed E-state index contributed by atoms with van der Waals surface area (Å²) in [6.45, 7) is 7.69. The fourth-order valence-corrected chi connectivity index (χ4v) is 3.65. The summed E-state index contributed by atoms with van der Waals surface area (Å²) in [5.74, 6) is 0.214. The van der Waals surface area contributed by atoms with E-state index in [1.807, 2.05) is 20.8 Å². The van der Waals surface area contributed by atoms with Gasteiger partial charge in [-0.15, -0.1) is 0 Å². The van der Waals surface area contributed by atoms with Gasteiger partial charge >= 0.3 is 12.3 Å². The van der Waals surface area contributed by atoms with Crippen LogP contribution in [0.3, 0.4) is 0 Å². The average molecular weight is 361 g/mol. The number of alkyl halides is 3. The molecule has 0 radical (unpaired) electrons. The van der Waals surface area contributed by atoms with Crippen molar-refractivity contribution in [3.63, 3.8) is 0 Å². The van der Waals surface area contributed by atoms with Gasteiger partial charge in [0.05, 0.1) is 0 Å². The Kier molecular flexibility index (Phi) is 5.39. The molecule has 1 N–H and O–H groups in total.